The maximum absolute atomic E-state index is 10.7. The molecule has 0 bridgehead atoms. The SMILES string of the molecule is C=CC(/C=C\C(=C/C)[N+](=O)[O-])/C=C/C1=CC=NC=CC1. The van der Waals surface area contributed by atoms with Gasteiger partial charge in [0.25, 0.3) is 5.70 Å². The van der Waals surface area contributed by atoms with Crippen LogP contribution in [0.15, 0.2) is 77.6 Å². The van der Waals surface area contributed by atoms with E-state index in [0.29, 0.717) is 0 Å². The highest BCUT2D eigenvalue weighted by Crippen LogP contribution is 2.11. The van der Waals surface area contributed by atoms with Crippen molar-refractivity contribution in [1.82, 2.24) is 0 Å². The van der Waals surface area contributed by atoms with Crippen molar-refractivity contribution in [2.24, 2.45) is 10.9 Å². The van der Waals surface area contributed by atoms with Gasteiger partial charge in [0.15, 0.2) is 0 Å². The van der Waals surface area contributed by atoms with Crippen molar-refractivity contribution in [2.75, 3.05) is 0 Å². The summed E-state index contributed by atoms with van der Waals surface area (Å²) >= 11 is 0. The van der Waals surface area contributed by atoms with Crippen molar-refractivity contribution in [3.05, 3.63) is 82.8 Å². The minimum absolute atomic E-state index is 0.0463. The largest absolute Gasteiger partial charge is 0.265 e. The first-order valence-corrected chi connectivity index (χ1v) is 6.34. The number of hydrogen-bond acceptors (Lipinski definition) is 3. The summed E-state index contributed by atoms with van der Waals surface area (Å²) in [5, 5.41) is 10.7. The lowest BCUT2D eigenvalue weighted by Crippen LogP contribution is -1.95. The second-order valence-corrected chi connectivity index (χ2v) is 4.13. The van der Waals surface area contributed by atoms with Crippen LogP contribution in [-0.4, -0.2) is 11.1 Å². The third-order valence-electron chi connectivity index (χ3n) is 2.72. The Morgan fingerprint density at radius 2 is 2.35 bits per heavy atom. The van der Waals surface area contributed by atoms with Gasteiger partial charge < -0.3 is 0 Å². The van der Waals surface area contributed by atoms with Crippen LogP contribution in [-0.2, 0) is 0 Å². The van der Waals surface area contributed by atoms with Gasteiger partial charge in [-0.3, -0.25) is 15.1 Å². The Morgan fingerprint density at radius 3 is 3.00 bits per heavy atom. The van der Waals surface area contributed by atoms with Gasteiger partial charge in [0.1, 0.15) is 0 Å². The summed E-state index contributed by atoms with van der Waals surface area (Å²) in [5.74, 6) is -0.0463. The summed E-state index contributed by atoms with van der Waals surface area (Å²) in [4.78, 5) is 14.3. The number of hydrogen-bond donors (Lipinski definition) is 0. The van der Waals surface area contributed by atoms with Crippen LogP contribution in [0.5, 0.6) is 0 Å². The molecule has 20 heavy (non-hydrogen) atoms. The maximum Gasteiger partial charge on any atom is 0.264 e. The standard InChI is InChI=1S/C16H18N2O2/c1-3-14(9-10-16(4-2)18(19)20)7-8-15-6-5-12-17-13-11-15/h3-5,7-14H,1,6H2,2H3/b8-7+,10-9-,16-4+. The Kier molecular flexibility index (Phi) is 6.68. The third kappa shape index (κ3) is 5.44. The van der Waals surface area contributed by atoms with E-state index in [1.165, 1.54) is 12.2 Å². The van der Waals surface area contributed by atoms with E-state index in [1.54, 1.807) is 31.5 Å². The monoisotopic (exact) mass is 270 g/mol. The number of nitro groups is 1. The van der Waals surface area contributed by atoms with E-state index in [-0.39, 0.29) is 11.6 Å². The first-order chi connectivity index (χ1) is 9.67. The van der Waals surface area contributed by atoms with E-state index >= 15 is 0 Å². The van der Waals surface area contributed by atoms with Crippen LogP contribution in [0.2, 0.25) is 0 Å². The third-order valence-corrected chi connectivity index (χ3v) is 2.72. The van der Waals surface area contributed by atoms with Gasteiger partial charge in [-0.1, -0.05) is 30.4 Å². The van der Waals surface area contributed by atoms with Crippen LogP contribution in [0.1, 0.15) is 13.3 Å². The van der Waals surface area contributed by atoms with Gasteiger partial charge in [-0.2, -0.15) is 0 Å². The van der Waals surface area contributed by atoms with Crippen LogP contribution in [0.3, 0.4) is 0 Å². The topological polar surface area (TPSA) is 55.5 Å². The minimum atomic E-state index is -0.407. The van der Waals surface area contributed by atoms with Crippen LogP contribution < -0.4 is 0 Å². The summed E-state index contributed by atoms with van der Waals surface area (Å²) in [6.45, 7) is 5.38. The second-order valence-electron chi connectivity index (χ2n) is 4.13. The fourth-order valence-electron chi connectivity index (χ4n) is 1.56. The van der Waals surface area contributed by atoms with Crippen molar-refractivity contribution < 1.29 is 4.92 Å². The van der Waals surface area contributed by atoms with E-state index in [0.717, 1.165) is 12.0 Å². The Hall–Kier alpha value is -2.49. The lowest BCUT2D eigenvalue weighted by atomic mass is 10.1. The van der Waals surface area contributed by atoms with Gasteiger partial charge in [-0.25, -0.2) is 0 Å². The molecule has 4 nitrogen and oxygen atoms in total. The second kappa shape index (κ2) is 8.58. The number of nitrogens with zero attached hydrogens (tertiary/aromatic N) is 2. The minimum Gasteiger partial charge on any atom is -0.265 e. The van der Waals surface area contributed by atoms with E-state index in [9.17, 15) is 10.1 Å². The van der Waals surface area contributed by atoms with Crippen molar-refractivity contribution in [1.29, 1.82) is 0 Å². The number of rotatable bonds is 6. The highest BCUT2D eigenvalue weighted by atomic mass is 16.6. The van der Waals surface area contributed by atoms with Gasteiger partial charge in [0.2, 0.25) is 0 Å². The highest BCUT2D eigenvalue weighted by Gasteiger charge is 2.04. The van der Waals surface area contributed by atoms with E-state index in [4.69, 9.17) is 0 Å². The van der Waals surface area contributed by atoms with Crippen molar-refractivity contribution in [3.63, 3.8) is 0 Å². The van der Waals surface area contributed by atoms with Crippen LogP contribution in [0.4, 0.5) is 0 Å². The maximum atomic E-state index is 10.7. The molecule has 0 aliphatic carbocycles. The van der Waals surface area contributed by atoms with E-state index in [1.807, 2.05) is 24.3 Å². The summed E-state index contributed by atoms with van der Waals surface area (Å²) in [6, 6.07) is 0. The molecule has 0 saturated carbocycles. The molecule has 1 rings (SSSR count). The molecule has 0 aromatic heterocycles. The van der Waals surface area contributed by atoms with E-state index < -0.39 is 4.92 Å². The first kappa shape index (κ1) is 15.6. The summed E-state index contributed by atoms with van der Waals surface area (Å²) in [6.07, 6.45) is 18.6. The summed E-state index contributed by atoms with van der Waals surface area (Å²) < 4.78 is 0. The summed E-state index contributed by atoms with van der Waals surface area (Å²) in [5.41, 5.74) is 1.21. The zero-order chi connectivity index (χ0) is 14.8. The summed E-state index contributed by atoms with van der Waals surface area (Å²) in [7, 11) is 0. The molecule has 1 aliphatic heterocycles. The van der Waals surface area contributed by atoms with Crippen molar-refractivity contribution in [3.8, 4) is 0 Å². The molecule has 0 fully saturated rings. The van der Waals surface area contributed by atoms with Crippen LogP contribution in [0, 0.1) is 16.0 Å². The molecule has 1 aliphatic rings. The van der Waals surface area contributed by atoms with Gasteiger partial charge in [-0.15, -0.1) is 6.58 Å². The van der Waals surface area contributed by atoms with Gasteiger partial charge in [-0.05, 0) is 31.1 Å². The lowest BCUT2D eigenvalue weighted by Gasteiger charge is -2.00. The average molecular weight is 270 g/mol. The van der Waals surface area contributed by atoms with Gasteiger partial charge in [0, 0.05) is 24.4 Å². The zero-order valence-electron chi connectivity index (χ0n) is 11.5. The molecular formula is C16H18N2O2. The Labute approximate surface area is 119 Å². The average Bonchev–Trinajstić information content (AvgIpc) is 2.71. The molecule has 104 valence electrons. The van der Waals surface area contributed by atoms with E-state index in [2.05, 4.69) is 11.6 Å². The predicted octanol–water partition coefficient (Wildman–Crippen LogP) is 4.00. The smallest absolute Gasteiger partial charge is 0.264 e. The lowest BCUT2D eigenvalue weighted by molar-refractivity contribution is -0.419. The molecular weight excluding hydrogens is 252 g/mol. The molecule has 0 spiro atoms. The molecule has 4 heteroatoms. The van der Waals surface area contributed by atoms with Crippen molar-refractivity contribution >= 4 is 6.21 Å². The van der Waals surface area contributed by atoms with Gasteiger partial charge >= 0.3 is 0 Å². The fourth-order valence-corrected chi connectivity index (χ4v) is 1.56. The Morgan fingerprint density at radius 1 is 1.55 bits per heavy atom. The first-order valence-electron chi connectivity index (χ1n) is 6.34. The highest BCUT2D eigenvalue weighted by molar-refractivity contribution is 5.74. The molecule has 1 atom stereocenters. The normalized spacial score (nSPS) is 17.2. The number of allylic oxidation sites excluding steroid dienone is 9. The molecule has 0 radical (unpaired) electrons. The molecule has 1 unspecified atom stereocenters. The predicted molar refractivity (Wildman–Crippen MR) is 83.1 cm³/mol. The quantitative estimate of drug-likeness (QED) is 0.317. The molecule has 0 aromatic rings. The van der Waals surface area contributed by atoms with Crippen LogP contribution >= 0.6 is 0 Å². The zero-order valence-corrected chi connectivity index (χ0v) is 11.5. The molecule has 1 heterocycles. The fraction of sp³-hybridized carbons (Fsp3) is 0.188. The Bertz CT molecular complexity index is 535. The van der Waals surface area contributed by atoms with Crippen LogP contribution in [0.25, 0.3) is 0 Å². The molecule has 0 N–H and O–H groups in total. The van der Waals surface area contributed by atoms with Crippen molar-refractivity contribution in [2.45, 2.75) is 13.3 Å². The molecule has 0 aromatic carbocycles. The van der Waals surface area contributed by atoms with Gasteiger partial charge in [0.05, 0.1) is 4.92 Å². The molecule has 0 amide bonds. The Balaban J connectivity index is 2.72. The molecule has 0 saturated heterocycles. The number of aliphatic imine (C=N–C) groups is 1.